The van der Waals surface area contributed by atoms with Gasteiger partial charge in [-0.1, -0.05) is 6.07 Å². The Morgan fingerprint density at radius 2 is 1.81 bits per heavy atom. The minimum absolute atomic E-state index is 0.0343. The molecule has 2 unspecified atom stereocenters. The van der Waals surface area contributed by atoms with Gasteiger partial charge in [-0.3, -0.25) is 0 Å². The lowest BCUT2D eigenvalue weighted by molar-refractivity contribution is -0.128. The molecule has 1 heterocycles. The van der Waals surface area contributed by atoms with E-state index in [1.165, 1.54) is 19.3 Å². The molecule has 26 heavy (non-hydrogen) atoms. The van der Waals surface area contributed by atoms with Crippen molar-refractivity contribution in [3.05, 3.63) is 48.0 Å². The zero-order valence-electron chi connectivity index (χ0n) is 14.8. The summed E-state index contributed by atoms with van der Waals surface area (Å²) in [7, 11) is 1.46. The van der Waals surface area contributed by atoms with Crippen LogP contribution in [0.4, 0.5) is 0 Å². The molecule has 0 bridgehead atoms. The summed E-state index contributed by atoms with van der Waals surface area (Å²) < 4.78 is 21.8. The van der Waals surface area contributed by atoms with E-state index < -0.39 is 5.97 Å². The standard InChI is InChI=1S/C20H20O6/c1-12-13(2)25-19-11-15(6-8-17(19)24-12)26-20(22)9-5-14-4-7-16(21)18(10-14)23-3/h4-13,21H,1-3H3. The van der Waals surface area contributed by atoms with Crippen molar-refractivity contribution in [1.82, 2.24) is 0 Å². The Bertz CT molecular complexity index is 842. The summed E-state index contributed by atoms with van der Waals surface area (Å²) in [5.41, 5.74) is 0.696. The summed E-state index contributed by atoms with van der Waals surface area (Å²) in [6.07, 6.45) is 2.75. The molecular weight excluding hydrogens is 336 g/mol. The van der Waals surface area contributed by atoms with E-state index in [9.17, 15) is 9.90 Å². The molecule has 2 aromatic carbocycles. The third-order valence-corrected chi connectivity index (χ3v) is 4.04. The number of benzene rings is 2. The molecule has 3 rings (SSSR count). The highest BCUT2D eigenvalue weighted by molar-refractivity contribution is 5.88. The number of aromatic hydroxyl groups is 1. The zero-order valence-corrected chi connectivity index (χ0v) is 14.8. The van der Waals surface area contributed by atoms with E-state index >= 15 is 0 Å². The second-order valence-corrected chi connectivity index (χ2v) is 5.94. The van der Waals surface area contributed by atoms with Crippen LogP contribution in [0, 0.1) is 0 Å². The molecule has 0 aliphatic carbocycles. The van der Waals surface area contributed by atoms with Crippen LogP contribution in [-0.2, 0) is 4.79 Å². The van der Waals surface area contributed by atoms with Crippen molar-refractivity contribution in [2.24, 2.45) is 0 Å². The summed E-state index contributed by atoms with van der Waals surface area (Å²) in [6, 6.07) is 9.77. The van der Waals surface area contributed by atoms with Gasteiger partial charge in [-0.05, 0) is 49.8 Å². The van der Waals surface area contributed by atoms with Crippen LogP contribution in [0.25, 0.3) is 6.08 Å². The second kappa shape index (κ2) is 7.39. The predicted molar refractivity (Wildman–Crippen MR) is 95.9 cm³/mol. The number of fused-ring (bicyclic) bond motifs is 1. The monoisotopic (exact) mass is 356 g/mol. The Labute approximate surface area is 151 Å². The first-order chi connectivity index (χ1) is 12.5. The van der Waals surface area contributed by atoms with E-state index in [4.69, 9.17) is 18.9 Å². The number of hydrogen-bond donors (Lipinski definition) is 1. The first-order valence-corrected chi connectivity index (χ1v) is 8.20. The van der Waals surface area contributed by atoms with Gasteiger partial charge in [0, 0.05) is 12.1 Å². The first kappa shape index (κ1) is 17.7. The Balaban J connectivity index is 1.68. The first-order valence-electron chi connectivity index (χ1n) is 8.20. The summed E-state index contributed by atoms with van der Waals surface area (Å²) in [4.78, 5) is 12.0. The van der Waals surface area contributed by atoms with Gasteiger partial charge in [0.15, 0.2) is 23.0 Å². The summed E-state index contributed by atoms with van der Waals surface area (Å²) in [5.74, 6) is 1.38. The van der Waals surface area contributed by atoms with Gasteiger partial charge in [0.2, 0.25) is 0 Å². The number of hydrogen-bond acceptors (Lipinski definition) is 6. The summed E-state index contributed by atoms with van der Waals surface area (Å²) >= 11 is 0. The number of methoxy groups -OCH3 is 1. The van der Waals surface area contributed by atoms with Gasteiger partial charge in [-0.25, -0.2) is 4.79 Å². The summed E-state index contributed by atoms with van der Waals surface area (Å²) in [6.45, 7) is 3.85. The van der Waals surface area contributed by atoms with Gasteiger partial charge in [-0.15, -0.1) is 0 Å². The van der Waals surface area contributed by atoms with Crippen molar-refractivity contribution < 1.29 is 28.8 Å². The molecule has 2 aromatic rings. The number of ether oxygens (including phenoxy) is 4. The van der Waals surface area contributed by atoms with Gasteiger partial charge in [0.1, 0.15) is 18.0 Å². The quantitative estimate of drug-likeness (QED) is 0.513. The number of phenols is 1. The fraction of sp³-hybridized carbons (Fsp3) is 0.250. The number of esters is 1. The number of carbonyl (C=O) groups is 1. The third kappa shape index (κ3) is 3.91. The third-order valence-electron chi connectivity index (χ3n) is 4.04. The van der Waals surface area contributed by atoms with Crippen LogP contribution < -0.4 is 18.9 Å². The van der Waals surface area contributed by atoms with Crippen molar-refractivity contribution in [2.45, 2.75) is 26.1 Å². The maximum atomic E-state index is 12.0. The molecule has 0 radical (unpaired) electrons. The number of rotatable bonds is 4. The molecule has 136 valence electrons. The van der Waals surface area contributed by atoms with Crippen LogP contribution >= 0.6 is 0 Å². The van der Waals surface area contributed by atoms with Crippen LogP contribution in [0.15, 0.2) is 42.5 Å². The van der Waals surface area contributed by atoms with E-state index in [1.54, 1.807) is 36.4 Å². The van der Waals surface area contributed by atoms with Gasteiger partial charge in [0.25, 0.3) is 0 Å². The molecule has 6 nitrogen and oxygen atoms in total. The number of carbonyl (C=O) groups excluding carboxylic acids is 1. The normalized spacial score (nSPS) is 18.6. The Kier molecular flexibility index (Phi) is 5.02. The average molecular weight is 356 g/mol. The lowest BCUT2D eigenvalue weighted by Gasteiger charge is -2.29. The van der Waals surface area contributed by atoms with Crippen LogP contribution in [0.2, 0.25) is 0 Å². The van der Waals surface area contributed by atoms with Crippen LogP contribution in [0.3, 0.4) is 0 Å². The number of phenolic OH excluding ortho intramolecular Hbond substituents is 1. The lowest BCUT2D eigenvalue weighted by Crippen LogP contribution is -2.34. The molecule has 0 fully saturated rings. The average Bonchev–Trinajstić information content (AvgIpc) is 2.62. The highest BCUT2D eigenvalue weighted by atomic mass is 16.6. The van der Waals surface area contributed by atoms with Gasteiger partial charge in [-0.2, -0.15) is 0 Å². The molecule has 0 spiro atoms. The molecule has 0 amide bonds. The Morgan fingerprint density at radius 1 is 1.08 bits per heavy atom. The molecule has 0 aromatic heterocycles. The topological polar surface area (TPSA) is 74.2 Å². The maximum absolute atomic E-state index is 12.0. The van der Waals surface area contributed by atoms with Crippen molar-refractivity contribution in [3.8, 4) is 28.7 Å². The van der Waals surface area contributed by atoms with E-state index in [0.29, 0.717) is 28.6 Å². The predicted octanol–water partition coefficient (Wildman–Crippen LogP) is 3.57. The molecule has 1 N–H and O–H groups in total. The van der Waals surface area contributed by atoms with Gasteiger partial charge in [0.05, 0.1) is 7.11 Å². The highest BCUT2D eigenvalue weighted by Gasteiger charge is 2.24. The minimum Gasteiger partial charge on any atom is -0.504 e. The molecule has 0 saturated heterocycles. The Hall–Kier alpha value is -3.15. The molecule has 6 heteroatoms. The van der Waals surface area contributed by atoms with Crippen molar-refractivity contribution in [3.63, 3.8) is 0 Å². The fourth-order valence-corrected chi connectivity index (χ4v) is 2.45. The van der Waals surface area contributed by atoms with E-state index in [1.807, 2.05) is 13.8 Å². The Morgan fingerprint density at radius 3 is 2.54 bits per heavy atom. The maximum Gasteiger partial charge on any atom is 0.336 e. The molecular formula is C20H20O6. The summed E-state index contributed by atoms with van der Waals surface area (Å²) in [5, 5.41) is 9.58. The zero-order chi connectivity index (χ0) is 18.7. The molecule has 1 aliphatic heterocycles. The van der Waals surface area contributed by atoms with Gasteiger partial charge < -0.3 is 24.1 Å². The second-order valence-electron chi connectivity index (χ2n) is 5.94. The van der Waals surface area contributed by atoms with E-state index in [2.05, 4.69) is 0 Å². The molecule has 2 atom stereocenters. The lowest BCUT2D eigenvalue weighted by atomic mass is 10.2. The van der Waals surface area contributed by atoms with E-state index in [0.717, 1.165) is 0 Å². The molecule has 0 saturated carbocycles. The fourth-order valence-electron chi connectivity index (χ4n) is 2.45. The van der Waals surface area contributed by atoms with Crippen LogP contribution in [0.1, 0.15) is 19.4 Å². The minimum atomic E-state index is -0.532. The highest BCUT2D eigenvalue weighted by Crippen LogP contribution is 2.37. The van der Waals surface area contributed by atoms with Crippen LogP contribution in [-0.4, -0.2) is 30.4 Å². The SMILES string of the molecule is COc1cc(C=CC(=O)Oc2ccc3c(c2)OC(C)C(C)O3)ccc1O. The molecule has 1 aliphatic rings. The van der Waals surface area contributed by atoms with Crippen LogP contribution in [0.5, 0.6) is 28.7 Å². The van der Waals surface area contributed by atoms with Gasteiger partial charge >= 0.3 is 5.97 Å². The largest absolute Gasteiger partial charge is 0.504 e. The van der Waals surface area contributed by atoms with Crippen molar-refractivity contribution in [1.29, 1.82) is 0 Å². The van der Waals surface area contributed by atoms with Crippen molar-refractivity contribution >= 4 is 12.0 Å². The van der Waals surface area contributed by atoms with Crippen molar-refractivity contribution in [2.75, 3.05) is 7.11 Å². The van der Waals surface area contributed by atoms with E-state index in [-0.39, 0.29) is 18.0 Å². The smallest absolute Gasteiger partial charge is 0.336 e.